The Balaban J connectivity index is 1.41. The van der Waals surface area contributed by atoms with E-state index < -0.39 is 106 Å². The molecule has 0 bridgehead atoms. The van der Waals surface area contributed by atoms with Crippen molar-refractivity contribution in [2.24, 2.45) is 17.8 Å². The zero-order valence-corrected chi connectivity index (χ0v) is 40.2. The van der Waals surface area contributed by atoms with E-state index in [-0.39, 0.29) is 56.1 Å². The Hall–Kier alpha value is -3.25. The number of amides is 1. The number of aliphatic hydroxyl groups excluding tert-OH is 3. The van der Waals surface area contributed by atoms with Gasteiger partial charge in [0.05, 0.1) is 53.6 Å². The standard InChI is InChI=1S/C45H72N6O13S/c1-11-35-45(8,58)39(55)29(6)41(56)49-25(2)20-44(7,40(27(4)37(53)28(5)42(57)63-35)64-43-38(54)34(50(9)10)18-26(3)62-43)61-24-32(52)22-48-36-23-51(17-16-47-36)65(59,60)33-13-12-30-14-15-46-21-31(30)19-33/h12-15,19,21,25-29,32,34-36,38-40,43,47-48,52,54-55,58H,11,16-18,20,22-24H2,1-10H3,(H,49,56)/t25-,26-,27+,28-,29-,32?,34+,35-,36?,38-,39+,40-,43+,44-,45+/m1/s1. The fourth-order valence-electron chi connectivity index (χ4n) is 9.31. The number of hydrogen-bond acceptors (Lipinski definition) is 17. The number of esters is 1. The summed E-state index contributed by atoms with van der Waals surface area (Å²) in [6.07, 6.45) is -5.05. The van der Waals surface area contributed by atoms with Crippen molar-refractivity contribution in [3.63, 3.8) is 0 Å². The molecular weight excluding hydrogens is 865 g/mol. The van der Waals surface area contributed by atoms with Crippen LogP contribution in [0.2, 0.25) is 0 Å². The largest absolute Gasteiger partial charge is 0.459 e. The van der Waals surface area contributed by atoms with E-state index in [0.717, 1.165) is 5.39 Å². The normalized spacial score (nSPS) is 37.0. The number of piperazine rings is 1. The lowest BCUT2D eigenvalue weighted by atomic mass is 9.79. The number of fused-ring (bicyclic) bond motifs is 1. The average molecular weight is 937 g/mol. The second-order valence-electron chi connectivity index (χ2n) is 18.9. The molecule has 65 heavy (non-hydrogen) atoms. The van der Waals surface area contributed by atoms with Gasteiger partial charge in [-0.3, -0.25) is 30.0 Å². The summed E-state index contributed by atoms with van der Waals surface area (Å²) >= 11 is 0. The van der Waals surface area contributed by atoms with Gasteiger partial charge in [0, 0.05) is 62.0 Å². The van der Waals surface area contributed by atoms with Crippen molar-refractivity contribution in [3.8, 4) is 0 Å². The second kappa shape index (κ2) is 21.8. The van der Waals surface area contributed by atoms with E-state index in [1.54, 1.807) is 64.4 Å². The van der Waals surface area contributed by atoms with Crippen LogP contribution in [0, 0.1) is 17.8 Å². The molecule has 0 aliphatic carbocycles. The van der Waals surface area contributed by atoms with Gasteiger partial charge in [-0.1, -0.05) is 26.8 Å². The number of carbonyl (C=O) groups is 3. The van der Waals surface area contributed by atoms with Crippen LogP contribution in [0.25, 0.3) is 10.8 Å². The number of ketones is 1. The summed E-state index contributed by atoms with van der Waals surface area (Å²) in [5.41, 5.74) is -3.64. The molecule has 3 aliphatic rings. The number of nitrogens with one attached hydrogen (secondary N) is 3. The summed E-state index contributed by atoms with van der Waals surface area (Å²) in [6, 6.07) is 5.59. The molecule has 0 spiro atoms. The van der Waals surface area contributed by atoms with Crippen LogP contribution in [0.4, 0.5) is 0 Å². The van der Waals surface area contributed by atoms with Gasteiger partial charge in [0.25, 0.3) is 0 Å². The van der Waals surface area contributed by atoms with Crippen LogP contribution in [0.3, 0.4) is 0 Å². The van der Waals surface area contributed by atoms with Gasteiger partial charge in [0.2, 0.25) is 15.9 Å². The van der Waals surface area contributed by atoms with Crippen molar-refractivity contribution in [3.05, 3.63) is 36.7 Å². The topological polar surface area (TPSA) is 259 Å². The highest BCUT2D eigenvalue weighted by Crippen LogP contribution is 2.37. The lowest BCUT2D eigenvalue weighted by Crippen LogP contribution is -2.60. The maximum Gasteiger partial charge on any atom is 0.316 e. The van der Waals surface area contributed by atoms with Gasteiger partial charge in [-0.25, -0.2) is 8.42 Å². The Morgan fingerprint density at radius 3 is 2.45 bits per heavy atom. The molecule has 15 atom stereocenters. The lowest BCUT2D eigenvalue weighted by molar-refractivity contribution is -0.298. The van der Waals surface area contributed by atoms with Gasteiger partial charge in [-0.15, -0.1) is 0 Å². The van der Waals surface area contributed by atoms with Crippen molar-refractivity contribution in [2.75, 3.05) is 46.9 Å². The van der Waals surface area contributed by atoms with E-state index in [4.69, 9.17) is 18.9 Å². The number of cyclic esters (lactones) is 1. The molecule has 3 aliphatic heterocycles. The molecule has 0 radical (unpaired) electrons. The Bertz CT molecular complexity index is 2060. The minimum absolute atomic E-state index is 0.0475. The first-order valence-corrected chi connectivity index (χ1v) is 24.1. The predicted molar refractivity (Wildman–Crippen MR) is 239 cm³/mol. The summed E-state index contributed by atoms with van der Waals surface area (Å²) in [4.78, 5) is 48.0. The molecule has 5 rings (SSSR count). The summed E-state index contributed by atoms with van der Waals surface area (Å²) in [7, 11) is -0.237. The molecule has 4 heterocycles. The quantitative estimate of drug-likeness (QED) is 0.113. The molecule has 2 unspecified atom stereocenters. The molecule has 1 aromatic carbocycles. The van der Waals surface area contributed by atoms with Crippen LogP contribution in [0.1, 0.15) is 74.7 Å². The van der Waals surface area contributed by atoms with Crippen molar-refractivity contribution in [1.29, 1.82) is 0 Å². The van der Waals surface area contributed by atoms with E-state index >= 15 is 0 Å². The first kappa shape index (κ1) is 52.7. The van der Waals surface area contributed by atoms with Crippen molar-refractivity contribution < 1.29 is 62.2 Å². The van der Waals surface area contributed by atoms with Crippen LogP contribution < -0.4 is 16.0 Å². The van der Waals surface area contributed by atoms with Crippen molar-refractivity contribution >= 4 is 38.5 Å². The zero-order valence-electron chi connectivity index (χ0n) is 39.3. The molecule has 1 aromatic heterocycles. The van der Waals surface area contributed by atoms with Crippen LogP contribution in [-0.4, -0.2) is 180 Å². The maximum absolute atomic E-state index is 14.5. The number of carbonyl (C=O) groups excluding carboxylic acids is 3. The molecular formula is C45H72N6O13S. The Kier molecular flexibility index (Phi) is 17.7. The monoisotopic (exact) mass is 936 g/mol. The van der Waals surface area contributed by atoms with E-state index in [1.165, 1.54) is 25.1 Å². The number of likely N-dealkylation sites (N-methyl/N-ethyl adjacent to an activating group) is 1. The van der Waals surface area contributed by atoms with Crippen LogP contribution in [-0.2, 0) is 43.4 Å². The van der Waals surface area contributed by atoms with Crippen LogP contribution in [0.5, 0.6) is 0 Å². The second-order valence-corrected chi connectivity index (χ2v) is 20.8. The first-order chi connectivity index (χ1) is 30.4. The summed E-state index contributed by atoms with van der Waals surface area (Å²) in [6.45, 7) is 12.7. The number of rotatable bonds is 12. The van der Waals surface area contributed by atoms with Crippen LogP contribution in [0.15, 0.2) is 41.6 Å². The number of aliphatic hydroxyl groups is 4. The molecule has 19 nitrogen and oxygen atoms in total. The molecule has 2 aromatic rings. The highest BCUT2D eigenvalue weighted by molar-refractivity contribution is 7.89. The number of Topliss-reactive ketones (excluding diaryl/α,β-unsaturated/α-hetero) is 1. The Morgan fingerprint density at radius 2 is 1.77 bits per heavy atom. The minimum atomic E-state index is -3.88. The minimum Gasteiger partial charge on any atom is -0.459 e. The maximum atomic E-state index is 14.5. The molecule has 20 heteroatoms. The number of benzene rings is 1. The predicted octanol–water partition coefficient (Wildman–Crippen LogP) is 0.511. The van der Waals surface area contributed by atoms with Crippen LogP contribution >= 0.6 is 0 Å². The summed E-state index contributed by atoms with van der Waals surface area (Å²) in [5, 5.41) is 56.8. The van der Waals surface area contributed by atoms with Gasteiger partial charge >= 0.3 is 5.97 Å². The number of ether oxygens (including phenoxy) is 4. The number of pyridine rings is 1. The van der Waals surface area contributed by atoms with Crippen molar-refractivity contribution in [2.45, 2.75) is 152 Å². The van der Waals surface area contributed by atoms with Gasteiger partial charge in [0.15, 0.2) is 12.1 Å². The fraction of sp³-hybridized carbons (Fsp3) is 0.733. The SMILES string of the molecule is CC[C@H]1OC(=O)[C@H](C)C(=O)[C@H](C)[C@@H](O[C@@H]2O[C@H](C)C[C@H](N(C)C)[C@H]2O)[C@](C)(OCC(O)CNC2CN(S(=O)(=O)c3ccc4ccncc4c3)CCN2)C[C@@H](C)NC(=O)[C@H](C)[C@H](O)[C@@]1(C)O. The molecule has 3 fully saturated rings. The highest BCUT2D eigenvalue weighted by Gasteiger charge is 2.51. The third kappa shape index (κ3) is 12.3. The van der Waals surface area contributed by atoms with Gasteiger partial charge < -0.3 is 49.6 Å². The molecule has 7 N–H and O–H groups in total. The smallest absolute Gasteiger partial charge is 0.316 e. The summed E-state index contributed by atoms with van der Waals surface area (Å²) < 4.78 is 54.0. The third-order valence-corrected chi connectivity index (χ3v) is 15.2. The van der Waals surface area contributed by atoms with Crippen molar-refractivity contribution in [1.82, 2.24) is 30.1 Å². The Morgan fingerprint density at radius 1 is 1.06 bits per heavy atom. The van der Waals surface area contributed by atoms with E-state index in [1.807, 2.05) is 25.9 Å². The van der Waals surface area contributed by atoms with Gasteiger partial charge in [-0.2, -0.15) is 4.31 Å². The summed E-state index contributed by atoms with van der Waals surface area (Å²) in [5.74, 6) is -5.93. The zero-order chi connectivity index (χ0) is 48.2. The van der Waals surface area contributed by atoms with Gasteiger partial charge in [0.1, 0.15) is 23.7 Å². The first-order valence-electron chi connectivity index (χ1n) is 22.6. The molecule has 1 amide bonds. The van der Waals surface area contributed by atoms with Gasteiger partial charge in [-0.05, 0) is 91.6 Å². The Labute approximate surface area is 382 Å². The number of hydrogen-bond donors (Lipinski definition) is 7. The number of sulfonamides is 1. The van der Waals surface area contributed by atoms with E-state index in [2.05, 4.69) is 20.9 Å². The average Bonchev–Trinajstić information content (AvgIpc) is 3.27. The number of nitrogens with zero attached hydrogens (tertiary/aromatic N) is 3. The third-order valence-electron chi connectivity index (χ3n) is 13.3. The van der Waals surface area contributed by atoms with E-state index in [9.17, 15) is 43.2 Å². The molecule has 366 valence electrons. The fourth-order valence-corrected chi connectivity index (χ4v) is 10.8. The number of aromatic nitrogens is 1. The molecule has 0 saturated carbocycles. The lowest BCUT2D eigenvalue weighted by Gasteiger charge is -2.47. The highest BCUT2D eigenvalue weighted by atomic mass is 32.2. The molecule has 3 saturated heterocycles. The van der Waals surface area contributed by atoms with E-state index in [0.29, 0.717) is 18.4 Å².